The van der Waals surface area contributed by atoms with Gasteiger partial charge in [-0.2, -0.15) is 0 Å². The molecule has 0 aliphatic carbocycles. The third kappa shape index (κ3) is 8.34. The summed E-state index contributed by atoms with van der Waals surface area (Å²) in [6, 6.07) is 22.0. The molecule has 0 saturated carbocycles. The van der Waals surface area contributed by atoms with Crippen LogP contribution in [0.5, 0.6) is 17.2 Å². The highest BCUT2D eigenvalue weighted by Gasteiger charge is 2.18. The van der Waals surface area contributed by atoms with Crippen LogP contribution >= 0.6 is 0 Å². The zero-order valence-electron chi connectivity index (χ0n) is 21.1. The van der Waals surface area contributed by atoms with E-state index in [0.29, 0.717) is 6.61 Å². The van der Waals surface area contributed by atoms with Crippen LogP contribution in [0.3, 0.4) is 0 Å². The highest BCUT2D eigenvalue weighted by atomic mass is 16.5. The van der Waals surface area contributed by atoms with Crippen molar-refractivity contribution in [2.45, 2.75) is 38.8 Å². The van der Waals surface area contributed by atoms with E-state index in [1.807, 2.05) is 72.8 Å². The van der Waals surface area contributed by atoms with Crippen molar-refractivity contribution in [2.24, 2.45) is 0 Å². The Kier molecular flexibility index (Phi) is 10.2. The Hall–Kier alpha value is -4.00. The summed E-state index contributed by atoms with van der Waals surface area (Å²) in [5, 5.41) is 5.91. The molecule has 0 saturated heterocycles. The molecular weight excluding hydrogens is 456 g/mol. The van der Waals surface area contributed by atoms with Crippen molar-refractivity contribution in [3.63, 3.8) is 0 Å². The summed E-state index contributed by atoms with van der Waals surface area (Å²) in [7, 11) is 3.20. The number of hydrogen-bond donors (Lipinski definition) is 2. The fourth-order valence-corrected chi connectivity index (χ4v) is 3.58. The number of amides is 2. The van der Waals surface area contributed by atoms with Crippen molar-refractivity contribution >= 4 is 11.8 Å². The average molecular weight is 491 g/mol. The summed E-state index contributed by atoms with van der Waals surface area (Å²) < 4.78 is 16.1. The first-order valence-electron chi connectivity index (χ1n) is 12.1. The maximum absolute atomic E-state index is 12.9. The molecule has 2 amide bonds. The number of nitrogens with one attached hydrogen (secondary N) is 2. The lowest BCUT2D eigenvalue weighted by molar-refractivity contribution is -0.123. The van der Waals surface area contributed by atoms with Crippen LogP contribution in [0.2, 0.25) is 0 Å². The normalized spacial score (nSPS) is 10.6. The second-order valence-corrected chi connectivity index (χ2v) is 8.39. The molecule has 0 radical (unpaired) electrons. The summed E-state index contributed by atoms with van der Waals surface area (Å²) in [5.41, 5.74) is 2.44. The van der Waals surface area contributed by atoms with Gasteiger partial charge in [-0.1, -0.05) is 49.7 Å². The fourth-order valence-electron chi connectivity index (χ4n) is 3.58. The maximum atomic E-state index is 12.9. The molecule has 0 unspecified atom stereocenters. The van der Waals surface area contributed by atoms with Crippen molar-refractivity contribution in [3.05, 3.63) is 89.5 Å². The first-order chi connectivity index (χ1) is 17.5. The molecule has 0 aliphatic rings. The van der Waals surface area contributed by atoms with Crippen LogP contribution in [-0.4, -0.2) is 32.6 Å². The second kappa shape index (κ2) is 13.8. The molecule has 3 aromatic rings. The van der Waals surface area contributed by atoms with E-state index in [-0.39, 0.29) is 24.7 Å². The van der Waals surface area contributed by atoms with E-state index >= 15 is 0 Å². The van der Waals surface area contributed by atoms with E-state index in [4.69, 9.17) is 14.2 Å². The molecular formula is C29H34N2O5. The Morgan fingerprint density at radius 2 is 1.14 bits per heavy atom. The predicted molar refractivity (Wildman–Crippen MR) is 139 cm³/mol. The molecule has 3 rings (SSSR count). The summed E-state index contributed by atoms with van der Waals surface area (Å²) in [4.78, 5) is 25.7. The predicted octanol–water partition coefficient (Wildman–Crippen LogP) is 4.60. The number of rotatable bonds is 13. The number of carbonyl (C=O) groups excluding carboxylic acids is 2. The van der Waals surface area contributed by atoms with Gasteiger partial charge in [-0.3, -0.25) is 9.59 Å². The Morgan fingerprint density at radius 1 is 0.694 bits per heavy atom. The zero-order chi connectivity index (χ0) is 25.8. The van der Waals surface area contributed by atoms with Crippen molar-refractivity contribution in [1.29, 1.82) is 0 Å². The van der Waals surface area contributed by atoms with Gasteiger partial charge in [0.25, 0.3) is 0 Å². The van der Waals surface area contributed by atoms with E-state index in [9.17, 15) is 9.59 Å². The van der Waals surface area contributed by atoms with Gasteiger partial charge in [0, 0.05) is 0 Å². The summed E-state index contributed by atoms with van der Waals surface area (Å²) in [6.45, 7) is 2.76. The molecule has 2 N–H and O–H groups in total. The number of carbonyl (C=O) groups is 2. The van der Waals surface area contributed by atoms with Crippen LogP contribution in [0, 0.1) is 0 Å². The standard InChI is InChI=1S/C29H34N2O5/c1-4-5-18-36-26-16-10-23(11-17-26)29(30-27(32)19-21-6-12-24(34-2)13-7-21)31-28(33)20-22-8-14-25(35-3)15-9-22/h6-17,29H,4-5,18-20H2,1-3H3,(H,30,32)(H,31,33). The zero-order valence-corrected chi connectivity index (χ0v) is 21.1. The lowest BCUT2D eigenvalue weighted by atomic mass is 10.1. The van der Waals surface area contributed by atoms with E-state index in [1.165, 1.54) is 0 Å². The molecule has 0 fully saturated rings. The molecule has 0 aromatic heterocycles. The van der Waals surface area contributed by atoms with Gasteiger partial charge in [0.2, 0.25) is 11.8 Å². The minimum absolute atomic E-state index is 0.174. The van der Waals surface area contributed by atoms with Gasteiger partial charge >= 0.3 is 0 Å². The Balaban J connectivity index is 1.70. The molecule has 0 aliphatic heterocycles. The van der Waals surface area contributed by atoms with Gasteiger partial charge < -0.3 is 24.8 Å². The number of benzene rings is 3. The average Bonchev–Trinajstić information content (AvgIpc) is 2.89. The van der Waals surface area contributed by atoms with Crippen LogP contribution in [0.1, 0.15) is 42.6 Å². The Morgan fingerprint density at radius 3 is 1.56 bits per heavy atom. The number of ether oxygens (including phenoxy) is 3. The summed E-state index contributed by atoms with van der Waals surface area (Å²) in [6.07, 6.45) is 1.69. The highest BCUT2D eigenvalue weighted by molar-refractivity contribution is 5.82. The molecule has 0 bridgehead atoms. The lowest BCUT2D eigenvalue weighted by Crippen LogP contribution is -2.42. The van der Waals surface area contributed by atoms with Crippen molar-refractivity contribution < 1.29 is 23.8 Å². The summed E-state index contributed by atoms with van der Waals surface area (Å²) in [5.74, 6) is 1.78. The van der Waals surface area contributed by atoms with Gasteiger partial charge in [-0.05, 0) is 59.5 Å². The van der Waals surface area contributed by atoms with E-state index in [2.05, 4.69) is 17.6 Å². The van der Waals surface area contributed by atoms with Gasteiger partial charge in [0.1, 0.15) is 23.4 Å². The van der Waals surface area contributed by atoms with Gasteiger partial charge in [-0.15, -0.1) is 0 Å². The van der Waals surface area contributed by atoms with E-state index in [0.717, 1.165) is 46.8 Å². The number of hydrogen-bond acceptors (Lipinski definition) is 5. The minimum Gasteiger partial charge on any atom is -0.497 e. The number of unbranched alkanes of at least 4 members (excludes halogenated alkanes) is 1. The molecule has 3 aromatic carbocycles. The van der Waals surface area contributed by atoms with E-state index in [1.54, 1.807) is 14.2 Å². The molecule has 0 heterocycles. The number of methoxy groups -OCH3 is 2. The monoisotopic (exact) mass is 490 g/mol. The molecule has 36 heavy (non-hydrogen) atoms. The largest absolute Gasteiger partial charge is 0.497 e. The van der Waals surface area contributed by atoms with Gasteiger partial charge in [0.05, 0.1) is 33.7 Å². The molecule has 0 spiro atoms. The first kappa shape index (κ1) is 26.6. The Labute approximate surface area is 212 Å². The fraction of sp³-hybridized carbons (Fsp3) is 0.310. The van der Waals surface area contributed by atoms with E-state index < -0.39 is 6.17 Å². The lowest BCUT2D eigenvalue weighted by Gasteiger charge is -2.21. The third-order valence-corrected chi connectivity index (χ3v) is 5.64. The van der Waals surface area contributed by atoms with Crippen LogP contribution in [0.4, 0.5) is 0 Å². The second-order valence-electron chi connectivity index (χ2n) is 8.39. The van der Waals surface area contributed by atoms with Crippen molar-refractivity contribution in [1.82, 2.24) is 10.6 Å². The SMILES string of the molecule is CCCCOc1ccc(C(NC(=O)Cc2ccc(OC)cc2)NC(=O)Cc2ccc(OC)cc2)cc1. The van der Waals surface area contributed by atoms with Crippen LogP contribution in [0.25, 0.3) is 0 Å². The Bertz CT molecular complexity index is 1030. The molecule has 7 nitrogen and oxygen atoms in total. The molecule has 0 atom stereocenters. The van der Waals surface area contributed by atoms with Crippen molar-refractivity contribution in [2.75, 3.05) is 20.8 Å². The topological polar surface area (TPSA) is 85.9 Å². The maximum Gasteiger partial charge on any atom is 0.226 e. The molecule has 190 valence electrons. The summed E-state index contributed by atoms with van der Waals surface area (Å²) >= 11 is 0. The minimum atomic E-state index is -0.689. The highest BCUT2D eigenvalue weighted by Crippen LogP contribution is 2.19. The van der Waals surface area contributed by atoms with Gasteiger partial charge in [-0.25, -0.2) is 0 Å². The third-order valence-electron chi connectivity index (χ3n) is 5.64. The quantitative estimate of drug-likeness (QED) is 0.270. The van der Waals surface area contributed by atoms with Crippen molar-refractivity contribution in [3.8, 4) is 17.2 Å². The van der Waals surface area contributed by atoms with Crippen LogP contribution < -0.4 is 24.8 Å². The van der Waals surface area contributed by atoms with Crippen LogP contribution in [-0.2, 0) is 22.4 Å². The smallest absolute Gasteiger partial charge is 0.226 e. The molecule has 7 heteroatoms. The first-order valence-corrected chi connectivity index (χ1v) is 12.1. The van der Waals surface area contributed by atoms with Crippen LogP contribution in [0.15, 0.2) is 72.8 Å². The van der Waals surface area contributed by atoms with Gasteiger partial charge in [0.15, 0.2) is 0 Å².